The van der Waals surface area contributed by atoms with Gasteiger partial charge < -0.3 is 5.32 Å². The van der Waals surface area contributed by atoms with Gasteiger partial charge in [0.25, 0.3) is 0 Å². The highest BCUT2D eigenvalue weighted by molar-refractivity contribution is 4.57. The Morgan fingerprint density at radius 3 is 2.21 bits per heavy atom. The van der Waals surface area contributed by atoms with Gasteiger partial charge in [-0.25, -0.2) is 0 Å². The Hall–Kier alpha value is -0.0400. The minimum atomic E-state index is 1.00. The van der Waals surface area contributed by atoms with Gasteiger partial charge in [0.1, 0.15) is 0 Å². The van der Waals surface area contributed by atoms with Crippen molar-refractivity contribution in [3.05, 3.63) is 0 Å². The summed E-state index contributed by atoms with van der Waals surface area (Å²) in [6, 6.07) is 0. The fraction of sp³-hybridized carbons (Fsp3) is 1.00. The first-order valence-corrected chi connectivity index (χ1v) is 6.49. The smallest absolute Gasteiger partial charge is 0.00519 e. The average molecular weight is 199 g/mol. The van der Waals surface area contributed by atoms with Crippen LogP contribution in [0, 0.1) is 5.92 Å². The molecule has 1 heteroatoms. The molecule has 0 aromatic heterocycles. The lowest BCUT2D eigenvalue weighted by Crippen LogP contribution is -2.07. The third kappa shape index (κ3) is 8.55. The van der Waals surface area contributed by atoms with Crippen molar-refractivity contribution in [2.75, 3.05) is 13.6 Å². The van der Waals surface area contributed by atoms with Crippen molar-refractivity contribution in [3.63, 3.8) is 0 Å². The summed E-state index contributed by atoms with van der Waals surface area (Å²) in [5.41, 5.74) is 0. The second kappa shape index (κ2) is 11.0. The maximum Gasteiger partial charge on any atom is -0.00519 e. The van der Waals surface area contributed by atoms with E-state index in [1.54, 1.807) is 0 Å². The largest absolute Gasteiger partial charge is 0.320 e. The Labute approximate surface area is 90.7 Å². The van der Waals surface area contributed by atoms with Gasteiger partial charge in [0.2, 0.25) is 0 Å². The zero-order valence-corrected chi connectivity index (χ0v) is 10.4. The molecular formula is C13H29N. The van der Waals surface area contributed by atoms with Crippen LogP contribution in [0.15, 0.2) is 0 Å². The summed E-state index contributed by atoms with van der Waals surface area (Å²) in [5.74, 6) is 1.00. The van der Waals surface area contributed by atoms with Crippen LogP contribution in [0.4, 0.5) is 0 Å². The van der Waals surface area contributed by atoms with Crippen molar-refractivity contribution in [1.82, 2.24) is 5.32 Å². The summed E-state index contributed by atoms with van der Waals surface area (Å²) < 4.78 is 0. The highest BCUT2D eigenvalue weighted by Gasteiger charge is 2.03. The van der Waals surface area contributed by atoms with E-state index in [1.165, 1.54) is 57.9 Å². The fourth-order valence-corrected chi connectivity index (χ4v) is 2.05. The molecule has 0 amide bonds. The Balaban J connectivity index is 3.15. The van der Waals surface area contributed by atoms with Crippen molar-refractivity contribution < 1.29 is 0 Å². The van der Waals surface area contributed by atoms with Gasteiger partial charge in [0.05, 0.1) is 0 Å². The van der Waals surface area contributed by atoms with Crippen LogP contribution in [-0.4, -0.2) is 13.6 Å². The van der Waals surface area contributed by atoms with Gasteiger partial charge in [-0.15, -0.1) is 0 Å². The van der Waals surface area contributed by atoms with E-state index >= 15 is 0 Å². The van der Waals surface area contributed by atoms with Crippen molar-refractivity contribution >= 4 is 0 Å². The lowest BCUT2D eigenvalue weighted by molar-refractivity contribution is 0.409. The first kappa shape index (κ1) is 14.0. The van der Waals surface area contributed by atoms with Crippen LogP contribution >= 0.6 is 0 Å². The second-order valence-electron chi connectivity index (χ2n) is 4.37. The van der Waals surface area contributed by atoms with Crippen LogP contribution in [0.5, 0.6) is 0 Å². The average Bonchev–Trinajstić information content (AvgIpc) is 2.21. The van der Waals surface area contributed by atoms with Crippen molar-refractivity contribution in [1.29, 1.82) is 0 Å². The van der Waals surface area contributed by atoms with Crippen LogP contribution in [0.1, 0.15) is 65.2 Å². The summed E-state index contributed by atoms with van der Waals surface area (Å²) in [5, 5.41) is 3.20. The molecule has 0 aliphatic rings. The minimum Gasteiger partial charge on any atom is -0.320 e. The minimum absolute atomic E-state index is 1.00. The van der Waals surface area contributed by atoms with Gasteiger partial charge in [0.15, 0.2) is 0 Å². The van der Waals surface area contributed by atoms with E-state index < -0.39 is 0 Å². The van der Waals surface area contributed by atoms with Crippen LogP contribution in [-0.2, 0) is 0 Å². The molecule has 0 fully saturated rings. The van der Waals surface area contributed by atoms with Crippen LogP contribution in [0.25, 0.3) is 0 Å². The van der Waals surface area contributed by atoms with E-state index in [9.17, 15) is 0 Å². The molecule has 1 nitrogen and oxygen atoms in total. The second-order valence-corrected chi connectivity index (χ2v) is 4.37. The van der Waals surface area contributed by atoms with Gasteiger partial charge in [-0.2, -0.15) is 0 Å². The topological polar surface area (TPSA) is 12.0 Å². The lowest BCUT2D eigenvalue weighted by Gasteiger charge is -2.12. The number of unbranched alkanes of at least 4 members (excludes halogenated alkanes) is 3. The Bertz CT molecular complexity index is 101. The first-order chi connectivity index (χ1) is 6.85. The molecular weight excluding hydrogens is 170 g/mol. The third-order valence-electron chi connectivity index (χ3n) is 3.06. The lowest BCUT2D eigenvalue weighted by atomic mass is 9.94. The number of nitrogens with one attached hydrogen (secondary N) is 1. The van der Waals surface area contributed by atoms with E-state index in [1.807, 2.05) is 7.05 Å². The highest BCUT2D eigenvalue weighted by Crippen LogP contribution is 2.18. The molecule has 1 unspecified atom stereocenters. The maximum absolute atomic E-state index is 3.20. The fourth-order valence-electron chi connectivity index (χ4n) is 2.05. The standard InChI is InChI=1S/C13H29N/c1-4-10-13(5-2)11-8-6-7-9-12-14-3/h13-14H,4-12H2,1-3H3. The van der Waals surface area contributed by atoms with E-state index in [4.69, 9.17) is 0 Å². The number of hydrogen-bond acceptors (Lipinski definition) is 1. The van der Waals surface area contributed by atoms with Crippen LogP contribution < -0.4 is 5.32 Å². The van der Waals surface area contributed by atoms with Gasteiger partial charge in [-0.1, -0.05) is 58.8 Å². The monoisotopic (exact) mass is 199 g/mol. The Kier molecular flexibility index (Phi) is 11.0. The molecule has 0 rings (SSSR count). The molecule has 1 N–H and O–H groups in total. The highest BCUT2D eigenvalue weighted by atomic mass is 14.8. The Morgan fingerprint density at radius 1 is 0.929 bits per heavy atom. The molecule has 0 aromatic carbocycles. The Morgan fingerprint density at radius 2 is 1.64 bits per heavy atom. The summed E-state index contributed by atoms with van der Waals surface area (Å²) in [6.07, 6.45) is 11.3. The molecule has 0 heterocycles. The van der Waals surface area contributed by atoms with Crippen molar-refractivity contribution in [2.24, 2.45) is 5.92 Å². The molecule has 0 bridgehead atoms. The molecule has 0 spiro atoms. The molecule has 0 radical (unpaired) electrons. The molecule has 0 aliphatic heterocycles. The van der Waals surface area contributed by atoms with E-state index in [0.29, 0.717) is 0 Å². The van der Waals surface area contributed by atoms with Crippen molar-refractivity contribution in [2.45, 2.75) is 65.2 Å². The van der Waals surface area contributed by atoms with Gasteiger partial charge >= 0.3 is 0 Å². The summed E-state index contributed by atoms with van der Waals surface area (Å²) >= 11 is 0. The maximum atomic E-state index is 3.20. The van der Waals surface area contributed by atoms with E-state index in [0.717, 1.165) is 5.92 Å². The summed E-state index contributed by atoms with van der Waals surface area (Å²) in [7, 11) is 2.04. The quantitative estimate of drug-likeness (QED) is 0.525. The van der Waals surface area contributed by atoms with Crippen LogP contribution in [0.3, 0.4) is 0 Å². The predicted molar refractivity (Wildman–Crippen MR) is 65.7 cm³/mol. The van der Waals surface area contributed by atoms with Gasteiger partial charge in [-0.3, -0.25) is 0 Å². The zero-order valence-electron chi connectivity index (χ0n) is 10.4. The van der Waals surface area contributed by atoms with Gasteiger partial charge in [-0.05, 0) is 25.9 Å². The summed E-state index contributed by atoms with van der Waals surface area (Å²) in [4.78, 5) is 0. The molecule has 0 aromatic rings. The summed E-state index contributed by atoms with van der Waals surface area (Å²) in [6.45, 7) is 5.82. The predicted octanol–water partition coefficient (Wildman–Crippen LogP) is 3.98. The normalized spacial score (nSPS) is 13.1. The zero-order chi connectivity index (χ0) is 10.6. The van der Waals surface area contributed by atoms with Gasteiger partial charge in [0, 0.05) is 0 Å². The molecule has 0 saturated heterocycles. The van der Waals surface area contributed by atoms with Crippen molar-refractivity contribution in [3.8, 4) is 0 Å². The number of rotatable bonds is 10. The van der Waals surface area contributed by atoms with Crippen LogP contribution in [0.2, 0.25) is 0 Å². The molecule has 86 valence electrons. The van der Waals surface area contributed by atoms with E-state index in [-0.39, 0.29) is 0 Å². The van der Waals surface area contributed by atoms with E-state index in [2.05, 4.69) is 19.2 Å². The molecule has 0 aliphatic carbocycles. The SMILES string of the molecule is CCCC(CC)CCCCCCNC. The molecule has 14 heavy (non-hydrogen) atoms. The molecule has 0 saturated carbocycles. The first-order valence-electron chi connectivity index (χ1n) is 6.49. The number of hydrogen-bond donors (Lipinski definition) is 1. The molecule has 1 atom stereocenters. The third-order valence-corrected chi connectivity index (χ3v) is 3.06.